The Bertz CT molecular complexity index is 984. The van der Waals surface area contributed by atoms with Crippen molar-refractivity contribution in [2.75, 3.05) is 6.61 Å². The second-order valence-corrected chi connectivity index (χ2v) is 9.59. The molecule has 0 aromatic carbocycles. The predicted molar refractivity (Wildman–Crippen MR) is 117 cm³/mol. The number of fused-ring (bicyclic) bond motifs is 1. The van der Waals surface area contributed by atoms with Crippen LogP contribution in [0.5, 0.6) is 0 Å². The van der Waals surface area contributed by atoms with Crippen LogP contribution in [-0.2, 0) is 20.7 Å². The molecular weight excluding hydrogens is 402 g/mol. The number of hydrogen-bond acceptors (Lipinski definition) is 6. The topological polar surface area (TPSA) is 55.4 Å². The maximum Gasteiger partial charge on any atom is 0.336 e. The molecule has 2 aromatic heterocycles. The van der Waals surface area contributed by atoms with Gasteiger partial charge in [-0.15, -0.1) is 22.7 Å². The molecule has 152 valence electrons. The van der Waals surface area contributed by atoms with Gasteiger partial charge in [0, 0.05) is 44.3 Å². The Hall–Kier alpha value is -2.18. The minimum Gasteiger partial charge on any atom is -0.463 e. The molecule has 0 saturated carbocycles. The van der Waals surface area contributed by atoms with E-state index in [1.807, 2.05) is 25.3 Å². The zero-order valence-corrected chi connectivity index (χ0v) is 18.5. The van der Waals surface area contributed by atoms with Crippen molar-refractivity contribution >= 4 is 34.4 Å². The first-order valence-electron chi connectivity index (χ1n) is 10.0. The van der Waals surface area contributed by atoms with Crippen molar-refractivity contribution in [1.82, 2.24) is 5.32 Å². The zero-order chi connectivity index (χ0) is 20.5. The number of hydrogen-bond donors (Lipinski definition) is 1. The van der Waals surface area contributed by atoms with Gasteiger partial charge in [-0.2, -0.15) is 0 Å². The van der Waals surface area contributed by atoms with Crippen LogP contribution in [0.15, 0.2) is 52.7 Å². The molecule has 1 aliphatic carbocycles. The van der Waals surface area contributed by atoms with E-state index in [-0.39, 0.29) is 29.5 Å². The fourth-order valence-corrected chi connectivity index (χ4v) is 6.19. The molecule has 0 bridgehead atoms. The molecular formula is C23H25NO3S2. The van der Waals surface area contributed by atoms with Gasteiger partial charge in [-0.05, 0) is 43.8 Å². The van der Waals surface area contributed by atoms with Crippen LogP contribution in [0, 0.1) is 5.92 Å². The average Bonchev–Trinajstić information content (AvgIpc) is 3.38. The van der Waals surface area contributed by atoms with Gasteiger partial charge in [-0.1, -0.05) is 19.1 Å². The molecule has 0 amide bonds. The van der Waals surface area contributed by atoms with E-state index in [1.165, 1.54) is 9.75 Å². The van der Waals surface area contributed by atoms with Crippen LogP contribution in [0.2, 0.25) is 0 Å². The first-order valence-corrected chi connectivity index (χ1v) is 11.7. The highest BCUT2D eigenvalue weighted by Gasteiger charge is 2.45. The first kappa shape index (κ1) is 20.1. The van der Waals surface area contributed by atoms with Gasteiger partial charge in [0.15, 0.2) is 0 Å². The number of carbonyl (C=O) groups is 2. The molecule has 6 heteroatoms. The van der Waals surface area contributed by atoms with E-state index in [9.17, 15) is 9.59 Å². The van der Waals surface area contributed by atoms with Gasteiger partial charge in [0.1, 0.15) is 5.78 Å². The fourth-order valence-electron chi connectivity index (χ4n) is 4.30. The van der Waals surface area contributed by atoms with E-state index in [2.05, 4.69) is 36.5 Å². The molecule has 0 radical (unpaired) electrons. The molecule has 1 aliphatic heterocycles. The van der Waals surface area contributed by atoms with Crippen molar-refractivity contribution in [1.29, 1.82) is 0 Å². The summed E-state index contributed by atoms with van der Waals surface area (Å²) < 4.78 is 5.37. The largest absolute Gasteiger partial charge is 0.463 e. The Balaban J connectivity index is 1.82. The van der Waals surface area contributed by atoms with Gasteiger partial charge in [0.05, 0.1) is 18.1 Å². The minimum absolute atomic E-state index is 0.0911. The Morgan fingerprint density at radius 2 is 2.03 bits per heavy atom. The maximum atomic E-state index is 13.4. The number of allylic oxidation sites excluding steroid dienone is 3. The van der Waals surface area contributed by atoms with Crippen LogP contribution >= 0.6 is 22.7 Å². The van der Waals surface area contributed by atoms with Gasteiger partial charge < -0.3 is 10.1 Å². The molecule has 3 unspecified atom stereocenters. The van der Waals surface area contributed by atoms with Gasteiger partial charge in [0.25, 0.3) is 0 Å². The molecule has 0 spiro atoms. The van der Waals surface area contributed by atoms with E-state index in [4.69, 9.17) is 4.74 Å². The van der Waals surface area contributed by atoms with Gasteiger partial charge in [-0.3, -0.25) is 4.79 Å². The summed E-state index contributed by atoms with van der Waals surface area (Å²) in [4.78, 5) is 29.7. The van der Waals surface area contributed by atoms with Gasteiger partial charge in [0.2, 0.25) is 0 Å². The number of Topliss-reactive ketones (excluding diaryl/α,β-unsaturated/α-hetero) is 1. The summed E-state index contributed by atoms with van der Waals surface area (Å²) in [5.74, 6) is -0.713. The van der Waals surface area contributed by atoms with Crippen molar-refractivity contribution in [3.05, 3.63) is 67.3 Å². The van der Waals surface area contributed by atoms with Crippen molar-refractivity contribution in [2.45, 2.75) is 45.4 Å². The van der Waals surface area contributed by atoms with Gasteiger partial charge >= 0.3 is 5.97 Å². The summed E-state index contributed by atoms with van der Waals surface area (Å²) >= 11 is 3.37. The molecule has 2 aliphatic rings. The number of aryl methyl sites for hydroxylation is 1. The van der Waals surface area contributed by atoms with Crippen molar-refractivity contribution in [3.8, 4) is 0 Å². The van der Waals surface area contributed by atoms with E-state index in [0.29, 0.717) is 18.6 Å². The average molecular weight is 428 g/mol. The normalized spacial score (nSPS) is 24.0. The quantitative estimate of drug-likeness (QED) is 0.670. The lowest BCUT2D eigenvalue weighted by Gasteiger charge is -2.38. The molecule has 1 N–H and O–H groups in total. The highest BCUT2D eigenvalue weighted by Crippen LogP contribution is 2.48. The Labute approximate surface area is 179 Å². The van der Waals surface area contributed by atoms with E-state index < -0.39 is 0 Å². The smallest absolute Gasteiger partial charge is 0.336 e. The number of rotatable bonds is 5. The third kappa shape index (κ3) is 3.71. The van der Waals surface area contributed by atoms with Crippen LogP contribution in [-0.4, -0.2) is 18.4 Å². The number of esters is 1. The maximum absolute atomic E-state index is 13.4. The number of nitrogens with one attached hydrogen (secondary N) is 1. The molecule has 3 heterocycles. The molecule has 3 atom stereocenters. The SMILES string of the molecule is CCOC(=O)C1=C(C)NC2=CC(c3cccs3)CC(=O)C2C1c1ccc(CC)s1. The molecule has 2 aromatic rings. The summed E-state index contributed by atoms with van der Waals surface area (Å²) in [5, 5.41) is 5.42. The summed E-state index contributed by atoms with van der Waals surface area (Å²) in [6, 6.07) is 8.28. The zero-order valence-electron chi connectivity index (χ0n) is 16.9. The second kappa shape index (κ2) is 8.28. The molecule has 4 nitrogen and oxygen atoms in total. The Morgan fingerprint density at radius 3 is 2.69 bits per heavy atom. The lowest BCUT2D eigenvalue weighted by atomic mass is 9.71. The lowest BCUT2D eigenvalue weighted by molar-refractivity contribution is -0.139. The van der Waals surface area contributed by atoms with Crippen molar-refractivity contribution in [2.24, 2.45) is 5.92 Å². The van der Waals surface area contributed by atoms with Crippen molar-refractivity contribution < 1.29 is 14.3 Å². The second-order valence-electron chi connectivity index (χ2n) is 7.41. The number of ketones is 1. The van der Waals surface area contributed by atoms with Gasteiger partial charge in [-0.25, -0.2) is 4.79 Å². The van der Waals surface area contributed by atoms with E-state index in [1.54, 1.807) is 22.7 Å². The third-order valence-corrected chi connectivity index (χ3v) is 7.92. The predicted octanol–water partition coefficient (Wildman–Crippen LogP) is 5.15. The summed E-state index contributed by atoms with van der Waals surface area (Å²) in [5.41, 5.74) is 2.28. The molecule has 0 fully saturated rings. The highest BCUT2D eigenvalue weighted by atomic mass is 32.1. The number of ether oxygens (including phenoxy) is 1. The lowest BCUT2D eigenvalue weighted by Crippen LogP contribution is -2.41. The summed E-state index contributed by atoms with van der Waals surface area (Å²) in [6.07, 6.45) is 3.59. The fraction of sp³-hybridized carbons (Fsp3) is 0.391. The first-order chi connectivity index (χ1) is 14.0. The van der Waals surface area contributed by atoms with Crippen LogP contribution in [0.1, 0.15) is 53.7 Å². The summed E-state index contributed by atoms with van der Waals surface area (Å²) in [7, 11) is 0. The Kier molecular flexibility index (Phi) is 5.74. The monoisotopic (exact) mass is 427 g/mol. The van der Waals surface area contributed by atoms with E-state index in [0.717, 1.165) is 22.7 Å². The number of thiophene rings is 2. The van der Waals surface area contributed by atoms with Crippen LogP contribution in [0.4, 0.5) is 0 Å². The van der Waals surface area contributed by atoms with Crippen LogP contribution in [0.3, 0.4) is 0 Å². The van der Waals surface area contributed by atoms with Crippen LogP contribution < -0.4 is 5.32 Å². The minimum atomic E-state index is -0.363. The van der Waals surface area contributed by atoms with E-state index >= 15 is 0 Å². The third-order valence-electron chi connectivity index (χ3n) is 5.61. The molecule has 29 heavy (non-hydrogen) atoms. The Morgan fingerprint density at radius 1 is 1.21 bits per heavy atom. The highest BCUT2D eigenvalue weighted by molar-refractivity contribution is 7.12. The van der Waals surface area contributed by atoms with Crippen LogP contribution in [0.25, 0.3) is 0 Å². The van der Waals surface area contributed by atoms with Crippen molar-refractivity contribution in [3.63, 3.8) is 0 Å². The summed E-state index contributed by atoms with van der Waals surface area (Å²) in [6.45, 7) is 6.15. The molecule has 4 rings (SSSR count). The standard InChI is InChI=1S/C23H25NO3S2/c1-4-15-8-9-19(29-15)22-20(23(26)27-5-2)13(3)24-16-11-14(12-17(25)21(16)22)18-7-6-10-28-18/h6-11,14,21-22,24H,4-5,12H2,1-3H3. The molecule has 0 saturated heterocycles. The number of carbonyl (C=O) groups excluding carboxylic acids is 2.